The van der Waals surface area contributed by atoms with Gasteiger partial charge in [-0.15, -0.1) is 0 Å². The monoisotopic (exact) mass is 307 g/mol. The summed E-state index contributed by atoms with van der Waals surface area (Å²) in [6.07, 6.45) is 4.07. The van der Waals surface area contributed by atoms with Gasteiger partial charge in [-0.25, -0.2) is 9.07 Å². The molecule has 1 fully saturated rings. The van der Waals surface area contributed by atoms with Crippen LogP contribution in [0.15, 0.2) is 35.3 Å². The zero-order valence-corrected chi connectivity index (χ0v) is 12.1. The Balaban J connectivity index is 1.75. The lowest BCUT2D eigenvalue weighted by molar-refractivity contribution is 0.572. The number of hydrogen-bond acceptors (Lipinski definition) is 3. The lowest BCUT2D eigenvalue weighted by Crippen LogP contribution is -2.23. The molecule has 6 heteroatoms. The summed E-state index contributed by atoms with van der Waals surface area (Å²) in [5.74, 6) is 0.317. The van der Waals surface area contributed by atoms with Crippen LogP contribution in [-0.2, 0) is 6.54 Å². The van der Waals surface area contributed by atoms with Gasteiger partial charge in [-0.05, 0) is 37.0 Å². The molecular weight excluding hydrogens is 293 g/mol. The number of aromatic nitrogens is 2. The van der Waals surface area contributed by atoms with Gasteiger partial charge in [0.05, 0.1) is 18.4 Å². The quantitative estimate of drug-likeness (QED) is 0.924. The summed E-state index contributed by atoms with van der Waals surface area (Å²) in [5.41, 5.74) is 0.778. The van der Waals surface area contributed by atoms with Gasteiger partial charge in [-0.3, -0.25) is 4.79 Å². The molecule has 0 saturated heterocycles. The summed E-state index contributed by atoms with van der Waals surface area (Å²) in [4.78, 5) is 12.0. The molecule has 3 rings (SSSR count). The van der Waals surface area contributed by atoms with E-state index in [2.05, 4.69) is 10.4 Å². The number of nitrogens with one attached hydrogen (secondary N) is 1. The first kappa shape index (κ1) is 14.1. The lowest BCUT2D eigenvalue weighted by Gasteiger charge is -2.08. The molecule has 1 heterocycles. The Morgan fingerprint density at radius 2 is 2.19 bits per heavy atom. The molecule has 1 aliphatic carbocycles. The molecule has 21 heavy (non-hydrogen) atoms. The number of nitrogens with zero attached hydrogens (tertiary/aromatic N) is 2. The molecule has 0 aliphatic heterocycles. The predicted octanol–water partition coefficient (Wildman–Crippen LogP) is 2.91. The topological polar surface area (TPSA) is 46.9 Å². The normalized spacial score (nSPS) is 14.2. The van der Waals surface area contributed by atoms with Gasteiger partial charge in [0.15, 0.2) is 0 Å². The Morgan fingerprint density at radius 3 is 2.90 bits per heavy atom. The SMILES string of the molecule is O=c1cc(NCC2CC2)cnn1Cc1cc(Cl)ccc1F. The van der Waals surface area contributed by atoms with E-state index < -0.39 is 5.82 Å². The number of rotatable bonds is 5. The van der Waals surface area contributed by atoms with Crippen LogP contribution in [0.4, 0.5) is 10.1 Å². The molecule has 1 aromatic carbocycles. The zero-order chi connectivity index (χ0) is 14.8. The highest BCUT2D eigenvalue weighted by Crippen LogP contribution is 2.28. The van der Waals surface area contributed by atoms with Gasteiger partial charge in [0, 0.05) is 23.2 Å². The van der Waals surface area contributed by atoms with E-state index in [0.717, 1.165) is 6.54 Å². The van der Waals surface area contributed by atoms with Crippen molar-refractivity contribution in [3.8, 4) is 0 Å². The minimum absolute atomic E-state index is 0.0636. The fourth-order valence-electron chi connectivity index (χ4n) is 2.06. The van der Waals surface area contributed by atoms with E-state index in [1.165, 1.54) is 41.8 Å². The first-order valence-electron chi connectivity index (χ1n) is 6.87. The van der Waals surface area contributed by atoms with E-state index in [1.807, 2.05) is 0 Å². The molecule has 4 nitrogen and oxygen atoms in total. The Morgan fingerprint density at radius 1 is 1.38 bits per heavy atom. The summed E-state index contributed by atoms with van der Waals surface area (Å²) in [7, 11) is 0. The molecule has 1 N–H and O–H groups in total. The number of halogens is 2. The highest BCUT2D eigenvalue weighted by molar-refractivity contribution is 6.30. The van der Waals surface area contributed by atoms with Crippen LogP contribution in [0.25, 0.3) is 0 Å². The van der Waals surface area contributed by atoms with Gasteiger partial charge >= 0.3 is 0 Å². The molecule has 0 spiro atoms. The Bertz CT molecular complexity index is 712. The molecule has 0 radical (unpaired) electrons. The van der Waals surface area contributed by atoms with Crippen LogP contribution in [0.5, 0.6) is 0 Å². The van der Waals surface area contributed by atoms with Gasteiger partial charge in [-0.2, -0.15) is 5.10 Å². The van der Waals surface area contributed by atoms with Crippen molar-refractivity contribution in [3.63, 3.8) is 0 Å². The molecule has 1 saturated carbocycles. The van der Waals surface area contributed by atoms with Gasteiger partial charge in [-0.1, -0.05) is 11.6 Å². The van der Waals surface area contributed by atoms with Crippen molar-refractivity contribution < 1.29 is 4.39 Å². The fraction of sp³-hybridized carbons (Fsp3) is 0.333. The molecule has 1 aromatic heterocycles. The van der Waals surface area contributed by atoms with E-state index >= 15 is 0 Å². The van der Waals surface area contributed by atoms with Crippen molar-refractivity contribution in [1.82, 2.24) is 9.78 Å². The van der Waals surface area contributed by atoms with E-state index in [-0.39, 0.29) is 12.1 Å². The van der Waals surface area contributed by atoms with E-state index in [9.17, 15) is 9.18 Å². The van der Waals surface area contributed by atoms with Gasteiger partial charge in [0.2, 0.25) is 0 Å². The molecular formula is C15H15ClFN3O. The zero-order valence-electron chi connectivity index (χ0n) is 11.4. The Kier molecular flexibility index (Phi) is 3.92. The third kappa shape index (κ3) is 3.61. The number of hydrogen-bond donors (Lipinski definition) is 1. The van der Waals surface area contributed by atoms with Crippen LogP contribution in [0, 0.1) is 11.7 Å². The minimum Gasteiger partial charge on any atom is -0.383 e. The minimum atomic E-state index is -0.399. The maximum absolute atomic E-state index is 13.7. The van der Waals surface area contributed by atoms with Crippen molar-refractivity contribution in [2.45, 2.75) is 19.4 Å². The molecule has 2 aromatic rings. The van der Waals surface area contributed by atoms with Crippen molar-refractivity contribution in [1.29, 1.82) is 0 Å². The highest BCUT2D eigenvalue weighted by atomic mass is 35.5. The maximum atomic E-state index is 13.7. The largest absolute Gasteiger partial charge is 0.383 e. The van der Waals surface area contributed by atoms with E-state index in [0.29, 0.717) is 22.2 Å². The average Bonchev–Trinajstić information content (AvgIpc) is 3.27. The second kappa shape index (κ2) is 5.85. The fourth-order valence-corrected chi connectivity index (χ4v) is 2.25. The first-order chi connectivity index (χ1) is 10.1. The summed E-state index contributed by atoms with van der Waals surface area (Å²) in [5, 5.41) is 7.70. The Hall–Kier alpha value is -1.88. The standard InChI is InChI=1S/C15H15ClFN3O/c16-12-3-4-14(17)11(5-12)9-20-15(21)6-13(8-19-20)18-7-10-1-2-10/h3-6,8,10,18H,1-2,7,9H2. The van der Waals surface area contributed by atoms with Crippen LogP contribution in [-0.4, -0.2) is 16.3 Å². The smallest absolute Gasteiger partial charge is 0.269 e. The van der Waals surface area contributed by atoms with Crippen molar-refractivity contribution in [2.75, 3.05) is 11.9 Å². The van der Waals surface area contributed by atoms with Crippen LogP contribution < -0.4 is 10.9 Å². The second-order valence-electron chi connectivity index (χ2n) is 5.30. The van der Waals surface area contributed by atoms with Crippen LogP contribution in [0.1, 0.15) is 18.4 Å². The average molecular weight is 308 g/mol. The summed E-state index contributed by atoms with van der Waals surface area (Å²) in [6, 6.07) is 5.75. The molecule has 110 valence electrons. The summed E-state index contributed by atoms with van der Waals surface area (Å²) >= 11 is 5.84. The van der Waals surface area contributed by atoms with Crippen molar-refractivity contribution in [3.05, 3.63) is 57.2 Å². The molecule has 0 unspecified atom stereocenters. The molecule has 0 atom stereocenters. The third-order valence-electron chi connectivity index (χ3n) is 3.49. The number of benzene rings is 1. The first-order valence-corrected chi connectivity index (χ1v) is 7.24. The lowest BCUT2D eigenvalue weighted by atomic mass is 10.2. The van der Waals surface area contributed by atoms with Gasteiger partial charge in [0.25, 0.3) is 5.56 Å². The maximum Gasteiger partial charge on any atom is 0.269 e. The van der Waals surface area contributed by atoms with Crippen molar-refractivity contribution >= 4 is 17.3 Å². The van der Waals surface area contributed by atoms with Crippen LogP contribution in [0.2, 0.25) is 5.02 Å². The molecule has 0 amide bonds. The molecule has 0 bridgehead atoms. The molecule has 1 aliphatic rings. The van der Waals surface area contributed by atoms with E-state index in [4.69, 9.17) is 11.6 Å². The third-order valence-corrected chi connectivity index (χ3v) is 3.72. The van der Waals surface area contributed by atoms with Gasteiger partial charge < -0.3 is 5.32 Å². The summed E-state index contributed by atoms with van der Waals surface area (Å²) in [6.45, 7) is 0.933. The Labute approximate surface area is 126 Å². The van der Waals surface area contributed by atoms with Crippen LogP contribution >= 0.6 is 11.6 Å². The van der Waals surface area contributed by atoms with E-state index in [1.54, 1.807) is 6.20 Å². The predicted molar refractivity (Wildman–Crippen MR) is 80.2 cm³/mol. The van der Waals surface area contributed by atoms with Crippen LogP contribution in [0.3, 0.4) is 0 Å². The summed E-state index contributed by atoms with van der Waals surface area (Å²) < 4.78 is 14.9. The second-order valence-corrected chi connectivity index (χ2v) is 5.74. The van der Waals surface area contributed by atoms with Gasteiger partial charge in [0.1, 0.15) is 5.82 Å². The number of anilines is 1. The highest BCUT2D eigenvalue weighted by Gasteiger charge is 2.20. The van der Waals surface area contributed by atoms with Crippen molar-refractivity contribution in [2.24, 2.45) is 5.92 Å².